The van der Waals surface area contributed by atoms with Crippen molar-refractivity contribution in [2.24, 2.45) is 7.05 Å². The van der Waals surface area contributed by atoms with Crippen molar-refractivity contribution in [3.05, 3.63) is 82.7 Å². The molecule has 0 fully saturated rings. The predicted molar refractivity (Wildman–Crippen MR) is 108 cm³/mol. The van der Waals surface area contributed by atoms with Crippen LogP contribution >= 0.6 is 0 Å². The molecule has 3 aromatic heterocycles. The lowest BCUT2D eigenvalue weighted by atomic mass is 10.1. The largest absolute Gasteiger partial charge is 0.497 e. The molecule has 0 atom stereocenters. The quantitative estimate of drug-likeness (QED) is 0.564. The second kappa shape index (κ2) is 7.59. The van der Waals surface area contributed by atoms with E-state index in [1.807, 2.05) is 37.4 Å². The van der Waals surface area contributed by atoms with E-state index in [9.17, 15) is 9.59 Å². The number of carbonyl (C=O) groups is 1. The van der Waals surface area contributed by atoms with Gasteiger partial charge in [0.2, 0.25) is 5.78 Å². The van der Waals surface area contributed by atoms with Gasteiger partial charge in [-0.3, -0.25) is 19.0 Å². The van der Waals surface area contributed by atoms with Gasteiger partial charge in [0.05, 0.1) is 25.0 Å². The van der Waals surface area contributed by atoms with Gasteiger partial charge >= 0.3 is 0 Å². The molecular weight excluding hydrogens is 370 g/mol. The second-order valence-corrected chi connectivity index (χ2v) is 6.45. The highest BCUT2D eigenvalue weighted by atomic mass is 16.5. The van der Waals surface area contributed by atoms with Crippen LogP contribution in [-0.4, -0.2) is 32.0 Å². The molecule has 4 rings (SSSR count). The molecule has 3 heterocycles. The summed E-state index contributed by atoms with van der Waals surface area (Å²) in [6.45, 7) is 0.230. The van der Waals surface area contributed by atoms with Gasteiger partial charge in [0.1, 0.15) is 11.3 Å². The lowest BCUT2D eigenvalue weighted by Crippen LogP contribution is -2.31. The highest BCUT2D eigenvalue weighted by Crippen LogP contribution is 2.23. The monoisotopic (exact) mass is 389 g/mol. The Kier molecular flexibility index (Phi) is 4.82. The number of rotatable bonds is 5. The van der Waals surface area contributed by atoms with Crippen LogP contribution in [0, 0.1) is 0 Å². The molecule has 0 saturated heterocycles. The number of fused-ring (bicyclic) bond motifs is 1. The van der Waals surface area contributed by atoms with Crippen LogP contribution in [0.25, 0.3) is 17.0 Å². The number of nitrogens with one attached hydrogen (secondary N) is 1. The Balaban J connectivity index is 1.66. The van der Waals surface area contributed by atoms with E-state index in [1.165, 1.54) is 10.6 Å². The third-order valence-corrected chi connectivity index (χ3v) is 4.67. The normalized spacial score (nSPS) is 10.8. The minimum Gasteiger partial charge on any atom is -0.497 e. The molecule has 1 aromatic carbocycles. The van der Waals surface area contributed by atoms with E-state index < -0.39 is 11.5 Å². The number of pyridine rings is 1. The Bertz CT molecular complexity index is 1230. The average molecular weight is 389 g/mol. The zero-order valence-electron chi connectivity index (χ0n) is 16.0. The van der Waals surface area contributed by atoms with Gasteiger partial charge in [-0.15, -0.1) is 0 Å². The topological polar surface area (TPSA) is 90.5 Å². The van der Waals surface area contributed by atoms with E-state index >= 15 is 0 Å². The first kappa shape index (κ1) is 18.4. The third-order valence-electron chi connectivity index (χ3n) is 4.67. The molecule has 8 heteroatoms. The van der Waals surface area contributed by atoms with Gasteiger partial charge in [-0.05, 0) is 36.4 Å². The Morgan fingerprint density at radius 1 is 1.14 bits per heavy atom. The molecule has 4 aromatic rings. The molecule has 0 aliphatic heterocycles. The van der Waals surface area contributed by atoms with Gasteiger partial charge in [-0.25, -0.2) is 4.98 Å². The average Bonchev–Trinajstić information content (AvgIpc) is 3.10. The number of aromatic nitrogens is 4. The van der Waals surface area contributed by atoms with Crippen molar-refractivity contribution in [1.82, 2.24) is 24.3 Å². The van der Waals surface area contributed by atoms with Gasteiger partial charge < -0.3 is 14.6 Å². The highest BCUT2D eigenvalue weighted by molar-refractivity contribution is 5.93. The minimum atomic E-state index is -0.489. The summed E-state index contributed by atoms with van der Waals surface area (Å²) in [6.07, 6.45) is 4.64. The van der Waals surface area contributed by atoms with Gasteiger partial charge in [0, 0.05) is 31.2 Å². The number of hydrogen-bond donors (Lipinski definition) is 1. The molecule has 0 aliphatic rings. The van der Waals surface area contributed by atoms with Crippen LogP contribution in [-0.2, 0) is 13.6 Å². The molecule has 0 saturated carbocycles. The molecule has 0 unspecified atom stereocenters. The van der Waals surface area contributed by atoms with Crippen LogP contribution < -0.4 is 15.6 Å². The summed E-state index contributed by atoms with van der Waals surface area (Å²) >= 11 is 0. The number of amides is 1. The number of aryl methyl sites for hydroxylation is 1. The summed E-state index contributed by atoms with van der Waals surface area (Å²) in [7, 11) is 3.43. The summed E-state index contributed by atoms with van der Waals surface area (Å²) in [5.41, 5.74) is 1.95. The van der Waals surface area contributed by atoms with Gasteiger partial charge in [-0.1, -0.05) is 6.07 Å². The van der Waals surface area contributed by atoms with Crippen molar-refractivity contribution < 1.29 is 9.53 Å². The smallest absolute Gasteiger partial charge is 0.271 e. The van der Waals surface area contributed by atoms with Gasteiger partial charge in [-0.2, -0.15) is 0 Å². The Labute approximate surface area is 166 Å². The van der Waals surface area contributed by atoms with E-state index in [-0.39, 0.29) is 12.1 Å². The van der Waals surface area contributed by atoms with E-state index in [4.69, 9.17) is 4.74 Å². The number of carbonyl (C=O) groups excluding carboxylic acids is 1. The van der Waals surface area contributed by atoms with E-state index in [0.29, 0.717) is 11.5 Å². The number of ether oxygens (including phenoxy) is 1. The number of hydrogen-bond acceptors (Lipinski definition) is 5. The lowest BCUT2D eigenvalue weighted by molar-refractivity contribution is 0.0948. The Morgan fingerprint density at radius 3 is 2.62 bits per heavy atom. The standard InChI is InChI=1S/C21H19N5O3/c1-25-18(14-6-8-16(29-2)9-7-14)13-26-20(28)17(12-24-21(25)26)19(27)23-11-15-5-3-4-10-22-15/h3-10,12-13H,11H2,1-2H3,(H,23,27). The number of methoxy groups -OCH3 is 1. The molecule has 1 amide bonds. The van der Waals surface area contributed by atoms with Gasteiger partial charge in [0.15, 0.2) is 0 Å². The van der Waals surface area contributed by atoms with E-state index in [1.54, 1.807) is 36.2 Å². The second-order valence-electron chi connectivity index (χ2n) is 6.45. The predicted octanol–water partition coefficient (Wildman–Crippen LogP) is 2.03. The van der Waals surface area contributed by atoms with Crippen LogP contribution in [0.2, 0.25) is 0 Å². The molecule has 0 bridgehead atoms. The van der Waals surface area contributed by atoms with E-state index in [2.05, 4.69) is 15.3 Å². The zero-order valence-corrected chi connectivity index (χ0v) is 16.0. The Hall–Kier alpha value is -3.94. The molecular formula is C21H19N5O3. The minimum absolute atomic E-state index is 0.0229. The number of imidazole rings is 1. The molecule has 8 nitrogen and oxygen atoms in total. The molecule has 0 aliphatic carbocycles. The maximum absolute atomic E-state index is 12.9. The fourth-order valence-electron chi connectivity index (χ4n) is 3.10. The van der Waals surface area contributed by atoms with Crippen LogP contribution in [0.15, 0.2) is 65.8 Å². The summed E-state index contributed by atoms with van der Waals surface area (Å²) in [5, 5.41) is 2.71. The van der Waals surface area contributed by atoms with Crippen LogP contribution in [0.4, 0.5) is 0 Å². The zero-order chi connectivity index (χ0) is 20.4. The lowest BCUT2D eigenvalue weighted by Gasteiger charge is -2.05. The summed E-state index contributed by atoms with van der Waals surface area (Å²) < 4.78 is 8.38. The molecule has 29 heavy (non-hydrogen) atoms. The van der Waals surface area contributed by atoms with Crippen molar-refractivity contribution in [1.29, 1.82) is 0 Å². The van der Waals surface area contributed by atoms with E-state index in [0.717, 1.165) is 17.0 Å². The summed E-state index contributed by atoms with van der Waals surface area (Å²) in [5.74, 6) is 0.703. The van der Waals surface area contributed by atoms with Crippen molar-refractivity contribution in [3.63, 3.8) is 0 Å². The van der Waals surface area contributed by atoms with Crippen LogP contribution in [0.1, 0.15) is 16.1 Å². The fourth-order valence-corrected chi connectivity index (χ4v) is 3.10. The number of nitrogens with zero attached hydrogens (tertiary/aromatic N) is 4. The maximum atomic E-state index is 12.9. The maximum Gasteiger partial charge on any atom is 0.271 e. The van der Waals surface area contributed by atoms with Crippen molar-refractivity contribution in [2.75, 3.05) is 7.11 Å². The first-order chi connectivity index (χ1) is 14.1. The molecule has 146 valence electrons. The summed E-state index contributed by atoms with van der Waals surface area (Å²) in [4.78, 5) is 33.9. The summed E-state index contributed by atoms with van der Waals surface area (Å²) in [6, 6.07) is 12.9. The highest BCUT2D eigenvalue weighted by Gasteiger charge is 2.17. The SMILES string of the molecule is COc1ccc(-c2cn3c(=O)c(C(=O)NCc4ccccn4)cnc3n2C)cc1. The van der Waals surface area contributed by atoms with Crippen molar-refractivity contribution in [2.45, 2.75) is 6.54 Å². The van der Waals surface area contributed by atoms with Crippen molar-refractivity contribution >= 4 is 11.7 Å². The Morgan fingerprint density at radius 2 is 1.93 bits per heavy atom. The van der Waals surface area contributed by atoms with Crippen LogP contribution in [0.3, 0.4) is 0 Å². The first-order valence-corrected chi connectivity index (χ1v) is 8.98. The fraction of sp³-hybridized carbons (Fsp3) is 0.143. The van der Waals surface area contributed by atoms with Crippen LogP contribution in [0.5, 0.6) is 5.75 Å². The van der Waals surface area contributed by atoms with Crippen molar-refractivity contribution in [3.8, 4) is 17.0 Å². The molecule has 0 spiro atoms. The molecule has 1 N–H and O–H groups in total. The number of benzene rings is 1. The molecule has 0 radical (unpaired) electrons. The third kappa shape index (κ3) is 3.47. The van der Waals surface area contributed by atoms with Gasteiger partial charge in [0.25, 0.3) is 11.5 Å². The first-order valence-electron chi connectivity index (χ1n) is 8.98.